The van der Waals surface area contributed by atoms with Gasteiger partial charge in [0.2, 0.25) is 0 Å². The SMILES string of the molecule is CCOC(=O)C(C)(CC(C)C)n1cc(CCN(C)C)ccc1=O. The van der Waals surface area contributed by atoms with E-state index in [9.17, 15) is 9.59 Å². The van der Waals surface area contributed by atoms with Gasteiger partial charge in [-0.05, 0) is 52.3 Å². The van der Waals surface area contributed by atoms with Crippen LogP contribution in [0.4, 0.5) is 0 Å². The molecule has 0 aliphatic carbocycles. The first-order chi connectivity index (χ1) is 10.7. The molecule has 0 aliphatic heterocycles. The van der Waals surface area contributed by atoms with Gasteiger partial charge in [-0.3, -0.25) is 9.36 Å². The summed E-state index contributed by atoms with van der Waals surface area (Å²) in [5, 5.41) is 0. The number of aromatic nitrogens is 1. The second kappa shape index (κ2) is 8.29. The van der Waals surface area contributed by atoms with Crippen molar-refractivity contribution < 1.29 is 9.53 Å². The van der Waals surface area contributed by atoms with Gasteiger partial charge in [-0.1, -0.05) is 19.9 Å². The van der Waals surface area contributed by atoms with Crippen LogP contribution in [-0.2, 0) is 21.5 Å². The number of hydrogen-bond acceptors (Lipinski definition) is 4. The highest BCUT2D eigenvalue weighted by Crippen LogP contribution is 2.26. The van der Waals surface area contributed by atoms with Gasteiger partial charge < -0.3 is 9.64 Å². The van der Waals surface area contributed by atoms with E-state index in [1.165, 1.54) is 0 Å². The molecule has 1 heterocycles. The second-order valence-corrected chi connectivity index (χ2v) is 6.89. The quantitative estimate of drug-likeness (QED) is 0.689. The molecule has 130 valence electrons. The Bertz CT molecular complexity index is 578. The zero-order chi connectivity index (χ0) is 17.6. The Labute approximate surface area is 139 Å². The third-order valence-electron chi connectivity index (χ3n) is 3.87. The maximum Gasteiger partial charge on any atom is 0.332 e. The largest absolute Gasteiger partial charge is 0.464 e. The Hall–Kier alpha value is -1.62. The van der Waals surface area contributed by atoms with Gasteiger partial charge in [0.15, 0.2) is 0 Å². The van der Waals surface area contributed by atoms with Crippen LogP contribution in [0.2, 0.25) is 0 Å². The molecule has 1 unspecified atom stereocenters. The van der Waals surface area contributed by atoms with Gasteiger partial charge in [-0.25, -0.2) is 4.79 Å². The topological polar surface area (TPSA) is 51.5 Å². The Morgan fingerprint density at radius 3 is 2.52 bits per heavy atom. The number of esters is 1. The fourth-order valence-corrected chi connectivity index (χ4v) is 2.78. The maximum atomic E-state index is 12.5. The molecule has 0 saturated carbocycles. The van der Waals surface area contributed by atoms with E-state index in [0.717, 1.165) is 18.5 Å². The molecular weight excluding hydrogens is 292 g/mol. The highest BCUT2D eigenvalue weighted by Gasteiger charge is 2.38. The first-order valence-corrected chi connectivity index (χ1v) is 8.24. The van der Waals surface area contributed by atoms with Crippen molar-refractivity contribution in [2.24, 2.45) is 5.92 Å². The van der Waals surface area contributed by atoms with E-state index in [0.29, 0.717) is 13.0 Å². The van der Waals surface area contributed by atoms with Crippen molar-refractivity contribution in [1.82, 2.24) is 9.47 Å². The minimum atomic E-state index is -0.977. The highest BCUT2D eigenvalue weighted by molar-refractivity contribution is 5.78. The molecule has 1 atom stereocenters. The summed E-state index contributed by atoms with van der Waals surface area (Å²) in [7, 11) is 4.02. The van der Waals surface area contributed by atoms with Crippen LogP contribution in [0.3, 0.4) is 0 Å². The molecule has 0 saturated heterocycles. The normalized spacial score (nSPS) is 14.1. The predicted octanol–water partition coefficient (Wildman–Crippen LogP) is 2.28. The van der Waals surface area contributed by atoms with E-state index >= 15 is 0 Å². The molecule has 0 aliphatic rings. The number of nitrogens with zero attached hydrogens (tertiary/aromatic N) is 2. The monoisotopic (exact) mass is 322 g/mol. The maximum absolute atomic E-state index is 12.5. The van der Waals surface area contributed by atoms with Crippen LogP contribution >= 0.6 is 0 Å². The fraction of sp³-hybridized carbons (Fsp3) is 0.667. The summed E-state index contributed by atoms with van der Waals surface area (Å²) in [4.78, 5) is 27.0. The number of likely N-dealkylation sites (N-methyl/N-ethyl adjacent to an activating group) is 1. The molecule has 0 amide bonds. The van der Waals surface area contributed by atoms with Crippen LogP contribution in [-0.4, -0.2) is 42.7 Å². The number of carbonyl (C=O) groups is 1. The van der Waals surface area contributed by atoms with E-state index in [1.54, 1.807) is 24.5 Å². The summed E-state index contributed by atoms with van der Waals surface area (Å²) in [5.74, 6) is -0.0812. The first-order valence-electron chi connectivity index (χ1n) is 8.24. The van der Waals surface area contributed by atoms with Crippen molar-refractivity contribution in [2.45, 2.75) is 46.1 Å². The van der Waals surface area contributed by atoms with Crippen LogP contribution in [0.25, 0.3) is 0 Å². The highest BCUT2D eigenvalue weighted by atomic mass is 16.5. The van der Waals surface area contributed by atoms with Crippen molar-refractivity contribution in [2.75, 3.05) is 27.2 Å². The van der Waals surface area contributed by atoms with Crippen LogP contribution in [0, 0.1) is 5.92 Å². The number of pyridine rings is 1. The Kier molecular flexibility index (Phi) is 7.01. The molecule has 0 bridgehead atoms. The lowest BCUT2D eigenvalue weighted by Gasteiger charge is -2.31. The lowest BCUT2D eigenvalue weighted by atomic mass is 9.90. The van der Waals surface area contributed by atoms with E-state index in [1.807, 2.05) is 40.2 Å². The van der Waals surface area contributed by atoms with Gasteiger partial charge in [-0.15, -0.1) is 0 Å². The summed E-state index contributed by atoms with van der Waals surface area (Å²) in [6.45, 7) is 8.85. The fourth-order valence-electron chi connectivity index (χ4n) is 2.78. The molecule has 0 spiro atoms. The molecule has 1 aromatic heterocycles. The molecule has 0 N–H and O–H groups in total. The lowest BCUT2D eigenvalue weighted by Crippen LogP contribution is -2.47. The molecule has 5 heteroatoms. The van der Waals surface area contributed by atoms with E-state index in [2.05, 4.69) is 4.90 Å². The van der Waals surface area contributed by atoms with Crippen molar-refractivity contribution in [3.63, 3.8) is 0 Å². The summed E-state index contributed by atoms with van der Waals surface area (Å²) in [5.41, 5.74) is -0.109. The van der Waals surface area contributed by atoms with Crippen molar-refractivity contribution in [3.05, 3.63) is 34.2 Å². The summed E-state index contributed by atoms with van der Waals surface area (Å²) in [6, 6.07) is 3.38. The zero-order valence-corrected chi connectivity index (χ0v) is 15.3. The molecule has 0 aromatic carbocycles. The lowest BCUT2D eigenvalue weighted by molar-refractivity contribution is -0.154. The minimum absolute atomic E-state index is 0.171. The van der Waals surface area contributed by atoms with E-state index < -0.39 is 5.54 Å². The van der Waals surface area contributed by atoms with Gasteiger partial charge >= 0.3 is 5.97 Å². The third-order valence-corrected chi connectivity index (χ3v) is 3.87. The smallest absolute Gasteiger partial charge is 0.332 e. The Morgan fingerprint density at radius 1 is 1.35 bits per heavy atom. The Morgan fingerprint density at radius 2 is 2.00 bits per heavy atom. The average Bonchev–Trinajstić information content (AvgIpc) is 2.45. The van der Waals surface area contributed by atoms with Crippen molar-refractivity contribution in [3.8, 4) is 0 Å². The second-order valence-electron chi connectivity index (χ2n) is 6.89. The molecule has 0 fully saturated rings. The minimum Gasteiger partial charge on any atom is -0.464 e. The van der Waals surface area contributed by atoms with Crippen molar-refractivity contribution in [1.29, 1.82) is 0 Å². The van der Waals surface area contributed by atoms with Gasteiger partial charge in [0.25, 0.3) is 5.56 Å². The first kappa shape index (κ1) is 19.4. The van der Waals surface area contributed by atoms with Gasteiger partial charge in [0.1, 0.15) is 5.54 Å². The van der Waals surface area contributed by atoms with E-state index in [4.69, 9.17) is 4.74 Å². The number of rotatable bonds is 8. The summed E-state index contributed by atoms with van der Waals surface area (Å²) in [6.07, 6.45) is 3.20. The molecule has 0 radical (unpaired) electrons. The van der Waals surface area contributed by atoms with Crippen LogP contribution in [0.15, 0.2) is 23.1 Å². The van der Waals surface area contributed by atoms with Crippen LogP contribution < -0.4 is 5.56 Å². The number of carbonyl (C=O) groups excluding carboxylic acids is 1. The van der Waals surface area contributed by atoms with Gasteiger partial charge in [0, 0.05) is 18.8 Å². The number of ether oxygens (including phenoxy) is 1. The molecule has 1 aromatic rings. The zero-order valence-electron chi connectivity index (χ0n) is 15.3. The predicted molar refractivity (Wildman–Crippen MR) is 92.7 cm³/mol. The summed E-state index contributed by atoms with van der Waals surface area (Å²) < 4.78 is 6.80. The van der Waals surface area contributed by atoms with Crippen molar-refractivity contribution >= 4 is 5.97 Å². The van der Waals surface area contributed by atoms with E-state index in [-0.39, 0.29) is 17.4 Å². The third kappa shape index (κ3) is 5.20. The Balaban J connectivity index is 3.26. The van der Waals surface area contributed by atoms with Crippen LogP contribution in [0.1, 0.15) is 39.7 Å². The summed E-state index contributed by atoms with van der Waals surface area (Å²) >= 11 is 0. The van der Waals surface area contributed by atoms with Gasteiger partial charge in [0.05, 0.1) is 6.61 Å². The van der Waals surface area contributed by atoms with Crippen LogP contribution in [0.5, 0.6) is 0 Å². The average molecular weight is 322 g/mol. The molecule has 1 rings (SSSR count). The molecule has 5 nitrogen and oxygen atoms in total. The molecule has 23 heavy (non-hydrogen) atoms. The van der Waals surface area contributed by atoms with Gasteiger partial charge in [-0.2, -0.15) is 0 Å². The standard InChI is InChI=1S/C18H30N2O3/c1-7-23-17(22)18(4,12-14(2)3)20-13-15(8-9-16(20)21)10-11-19(5)6/h8-9,13-14H,7,10-12H2,1-6H3. The molecular formula is C18H30N2O3. The number of hydrogen-bond donors (Lipinski definition) is 0.